The second kappa shape index (κ2) is 7.56. The Morgan fingerprint density at radius 2 is 2.10 bits per heavy atom. The summed E-state index contributed by atoms with van der Waals surface area (Å²) in [5.74, 6) is -1.00. The first kappa shape index (κ1) is 15.2. The van der Waals surface area contributed by atoms with E-state index < -0.39 is 5.97 Å². The first-order valence-electron chi connectivity index (χ1n) is 6.65. The molecular weight excluding hydrogens is 272 g/mol. The second-order valence-corrected chi connectivity index (χ2v) is 4.40. The van der Waals surface area contributed by atoms with Crippen LogP contribution in [0.3, 0.4) is 0 Å². The van der Waals surface area contributed by atoms with E-state index in [0.29, 0.717) is 32.1 Å². The van der Waals surface area contributed by atoms with Crippen molar-refractivity contribution >= 4 is 22.6 Å². The molecule has 0 amide bonds. The van der Waals surface area contributed by atoms with E-state index in [1.165, 1.54) is 6.20 Å². The van der Waals surface area contributed by atoms with Gasteiger partial charge >= 0.3 is 5.97 Å². The fraction of sp³-hybridized carbons (Fsp3) is 0.333. The number of aromatic carboxylic acids is 1. The van der Waals surface area contributed by atoms with Crippen LogP contribution >= 0.6 is 0 Å². The zero-order valence-electron chi connectivity index (χ0n) is 11.8. The fourth-order valence-electron chi connectivity index (χ4n) is 1.99. The Morgan fingerprint density at radius 1 is 1.29 bits per heavy atom. The lowest BCUT2D eigenvalue weighted by Crippen LogP contribution is -2.14. The number of anilines is 1. The Balaban J connectivity index is 2.12. The highest BCUT2D eigenvalue weighted by atomic mass is 16.5. The molecule has 0 aliphatic heterocycles. The summed E-state index contributed by atoms with van der Waals surface area (Å²) >= 11 is 0. The number of nitrogens with zero attached hydrogens (tertiary/aromatic N) is 1. The largest absolute Gasteiger partial charge is 0.478 e. The normalized spacial score (nSPS) is 10.7. The van der Waals surface area contributed by atoms with Gasteiger partial charge in [0.1, 0.15) is 5.56 Å². The molecule has 2 N–H and O–H groups in total. The summed E-state index contributed by atoms with van der Waals surface area (Å²) in [6.45, 7) is 2.04. The third kappa shape index (κ3) is 3.90. The van der Waals surface area contributed by atoms with Crippen molar-refractivity contribution in [1.29, 1.82) is 0 Å². The average Bonchev–Trinajstić information content (AvgIpc) is 2.50. The molecule has 0 radical (unpaired) electrons. The van der Waals surface area contributed by atoms with E-state index in [-0.39, 0.29) is 5.56 Å². The number of nitrogens with one attached hydrogen (secondary N) is 1. The SMILES string of the molecule is COCCOCCNc1c(C(=O)O)cnc2ccccc12. The highest BCUT2D eigenvalue weighted by molar-refractivity contribution is 6.04. The number of benzene rings is 1. The van der Waals surface area contributed by atoms with E-state index in [0.717, 1.165) is 10.9 Å². The van der Waals surface area contributed by atoms with Crippen LogP contribution in [-0.2, 0) is 9.47 Å². The summed E-state index contributed by atoms with van der Waals surface area (Å²) in [5.41, 5.74) is 1.49. The van der Waals surface area contributed by atoms with Gasteiger partial charge in [0.2, 0.25) is 0 Å². The summed E-state index contributed by atoms with van der Waals surface area (Å²) in [5, 5.41) is 13.2. The molecule has 2 aromatic rings. The molecule has 0 bridgehead atoms. The van der Waals surface area contributed by atoms with Gasteiger partial charge in [0.25, 0.3) is 0 Å². The number of fused-ring (bicyclic) bond motifs is 1. The van der Waals surface area contributed by atoms with E-state index in [1.807, 2.05) is 24.3 Å². The number of carbonyl (C=O) groups is 1. The Morgan fingerprint density at radius 3 is 2.86 bits per heavy atom. The van der Waals surface area contributed by atoms with Gasteiger partial charge in [-0.2, -0.15) is 0 Å². The molecule has 0 saturated carbocycles. The molecule has 6 nitrogen and oxygen atoms in total. The van der Waals surface area contributed by atoms with Crippen LogP contribution in [0.4, 0.5) is 5.69 Å². The van der Waals surface area contributed by atoms with E-state index in [9.17, 15) is 9.90 Å². The number of carboxylic acids is 1. The molecule has 0 fully saturated rings. The summed E-state index contributed by atoms with van der Waals surface area (Å²) in [7, 11) is 1.61. The van der Waals surface area contributed by atoms with Gasteiger partial charge in [0, 0.05) is 25.2 Å². The van der Waals surface area contributed by atoms with Crippen LogP contribution in [-0.4, -0.2) is 49.5 Å². The number of hydrogen-bond donors (Lipinski definition) is 2. The molecule has 0 spiro atoms. The van der Waals surface area contributed by atoms with Gasteiger partial charge in [-0.15, -0.1) is 0 Å². The molecule has 21 heavy (non-hydrogen) atoms. The number of pyridine rings is 1. The predicted octanol–water partition coefficient (Wildman–Crippen LogP) is 2.01. The molecule has 1 aromatic carbocycles. The van der Waals surface area contributed by atoms with Crippen LogP contribution in [0.1, 0.15) is 10.4 Å². The van der Waals surface area contributed by atoms with Gasteiger partial charge in [-0.05, 0) is 6.07 Å². The van der Waals surface area contributed by atoms with Gasteiger partial charge < -0.3 is 19.9 Å². The lowest BCUT2D eigenvalue weighted by molar-refractivity contribution is 0.0697. The van der Waals surface area contributed by atoms with Gasteiger partial charge in [-0.25, -0.2) is 4.79 Å². The summed E-state index contributed by atoms with van der Waals surface area (Å²) in [6, 6.07) is 7.42. The van der Waals surface area contributed by atoms with Crippen molar-refractivity contribution in [1.82, 2.24) is 4.98 Å². The van der Waals surface area contributed by atoms with Gasteiger partial charge in [-0.1, -0.05) is 18.2 Å². The molecule has 0 atom stereocenters. The van der Waals surface area contributed by atoms with Crippen molar-refractivity contribution in [3.05, 3.63) is 36.0 Å². The molecule has 6 heteroatoms. The third-order valence-electron chi connectivity index (χ3n) is 2.99. The molecule has 1 aromatic heterocycles. The molecule has 2 rings (SSSR count). The first-order chi connectivity index (χ1) is 10.2. The van der Waals surface area contributed by atoms with E-state index >= 15 is 0 Å². The monoisotopic (exact) mass is 290 g/mol. The fourth-order valence-corrected chi connectivity index (χ4v) is 1.99. The lowest BCUT2D eigenvalue weighted by Gasteiger charge is -2.12. The van der Waals surface area contributed by atoms with Gasteiger partial charge in [0.05, 0.1) is 31.0 Å². The predicted molar refractivity (Wildman–Crippen MR) is 79.9 cm³/mol. The Kier molecular flexibility index (Phi) is 5.48. The molecule has 0 aliphatic rings. The van der Waals surface area contributed by atoms with Crippen molar-refractivity contribution in [3.8, 4) is 0 Å². The average molecular weight is 290 g/mol. The molecule has 0 saturated heterocycles. The summed E-state index contributed by atoms with van der Waals surface area (Å²) in [4.78, 5) is 15.5. The van der Waals surface area contributed by atoms with Crippen LogP contribution < -0.4 is 5.32 Å². The molecular formula is C15H18N2O4. The van der Waals surface area contributed by atoms with E-state index in [4.69, 9.17) is 9.47 Å². The maximum Gasteiger partial charge on any atom is 0.339 e. The summed E-state index contributed by atoms with van der Waals surface area (Å²) in [6.07, 6.45) is 1.37. The standard InChI is InChI=1S/C15H18N2O4/c1-20-8-9-21-7-6-16-14-11-4-2-3-5-13(11)17-10-12(14)15(18)19/h2-5,10H,6-9H2,1H3,(H,16,17)(H,18,19). The molecule has 0 aliphatic carbocycles. The maximum absolute atomic E-state index is 11.3. The number of rotatable bonds is 8. The zero-order valence-corrected chi connectivity index (χ0v) is 11.8. The van der Waals surface area contributed by atoms with E-state index in [1.54, 1.807) is 7.11 Å². The van der Waals surface area contributed by atoms with Crippen LogP contribution in [0, 0.1) is 0 Å². The van der Waals surface area contributed by atoms with Crippen molar-refractivity contribution in [2.75, 3.05) is 38.8 Å². The smallest absolute Gasteiger partial charge is 0.339 e. The number of aromatic nitrogens is 1. The van der Waals surface area contributed by atoms with Crippen molar-refractivity contribution < 1.29 is 19.4 Å². The topological polar surface area (TPSA) is 80.7 Å². The van der Waals surface area contributed by atoms with Crippen LogP contribution in [0.25, 0.3) is 10.9 Å². The Labute approximate surface area is 122 Å². The first-order valence-corrected chi connectivity index (χ1v) is 6.65. The third-order valence-corrected chi connectivity index (χ3v) is 2.99. The highest BCUT2D eigenvalue weighted by Crippen LogP contribution is 2.25. The van der Waals surface area contributed by atoms with Crippen LogP contribution in [0.5, 0.6) is 0 Å². The zero-order chi connectivity index (χ0) is 15.1. The molecule has 0 unspecified atom stereocenters. The number of methoxy groups -OCH3 is 1. The lowest BCUT2D eigenvalue weighted by atomic mass is 10.1. The van der Waals surface area contributed by atoms with Crippen molar-refractivity contribution in [2.45, 2.75) is 0 Å². The van der Waals surface area contributed by atoms with Gasteiger partial charge in [0.15, 0.2) is 0 Å². The quantitative estimate of drug-likeness (QED) is 0.724. The van der Waals surface area contributed by atoms with Crippen LogP contribution in [0.2, 0.25) is 0 Å². The number of para-hydroxylation sites is 1. The minimum absolute atomic E-state index is 0.158. The van der Waals surface area contributed by atoms with Gasteiger partial charge in [-0.3, -0.25) is 4.98 Å². The minimum Gasteiger partial charge on any atom is -0.478 e. The number of carboxylic acid groups (broad SMARTS) is 1. The molecule has 1 heterocycles. The second-order valence-electron chi connectivity index (χ2n) is 4.40. The summed E-state index contributed by atoms with van der Waals surface area (Å²) < 4.78 is 10.2. The Hall–Kier alpha value is -2.18. The van der Waals surface area contributed by atoms with E-state index in [2.05, 4.69) is 10.3 Å². The van der Waals surface area contributed by atoms with Crippen molar-refractivity contribution in [3.63, 3.8) is 0 Å². The Bertz CT molecular complexity index is 616. The van der Waals surface area contributed by atoms with Crippen LogP contribution in [0.15, 0.2) is 30.5 Å². The van der Waals surface area contributed by atoms with Crippen molar-refractivity contribution in [2.24, 2.45) is 0 Å². The number of hydrogen-bond acceptors (Lipinski definition) is 5. The minimum atomic E-state index is -1.00. The molecule has 112 valence electrons. The maximum atomic E-state index is 11.3. The highest BCUT2D eigenvalue weighted by Gasteiger charge is 2.13. The number of ether oxygens (including phenoxy) is 2.